The molecule has 0 aliphatic carbocycles. The van der Waals surface area contributed by atoms with Crippen molar-refractivity contribution in [1.29, 1.82) is 0 Å². The SMILES string of the molecule is COc1ccc(CNC(=O)n2sc3ncccc3c2=O)cc1F. The van der Waals surface area contributed by atoms with Gasteiger partial charge in [0.1, 0.15) is 4.83 Å². The fraction of sp³-hybridized carbons (Fsp3) is 0.133. The number of nitrogens with zero attached hydrogens (tertiary/aromatic N) is 2. The van der Waals surface area contributed by atoms with Gasteiger partial charge in [-0.2, -0.15) is 3.96 Å². The second-order valence-corrected chi connectivity index (χ2v) is 5.61. The van der Waals surface area contributed by atoms with Gasteiger partial charge in [-0.25, -0.2) is 14.2 Å². The van der Waals surface area contributed by atoms with Crippen molar-refractivity contribution in [1.82, 2.24) is 14.3 Å². The van der Waals surface area contributed by atoms with Crippen molar-refractivity contribution in [2.24, 2.45) is 0 Å². The standard InChI is InChI=1S/C15H12FN3O3S/c1-22-12-5-4-9(7-11(12)16)8-18-15(21)19-14(20)10-3-2-6-17-13(10)23-19/h2-7H,8H2,1H3,(H,18,21). The van der Waals surface area contributed by atoms with Crippen LogP contribution in [-0.4, -0.2) is 22.1 Å². The van der Waals surface area contributed by atoms with Gasteiger partial charge in [0, 0.05) is 12.7 Å². The van der Waals surface area contributed by atoms with E-state index in [9.17, 15) is 14.0 Å². The average molecular weight is 333 g/mol. The lowest BCUT2D eigenvalue weighted by molar-refractivity contribution is 0.243. The van der Waals surface area contributed by atoms with Crippen LogP contribution in [0.5, 0.6) is 5.75 Å². The van der Waals surface area contributed by atoms with E-state index in [4.69, 9.17) is 4.74 Å². The van der Waals surface area contributed by atoms with E-state index in [0.717, 1.165) is 15.5 Å². The Hall–Kier alpha value is -2.74. The zero-order valence-electron chi connectivity index (χ0n) is 12.1. The minimum absolute atomic E-state index is 0.0911. The molecule has 0 saturated carbocycles. The Kier molecular flexibility index (Phi) is 4.07. The number of rotatable bonds is 3. The van der Waals surface area contributed by atoms with Crippen LogP contribution in [0.25, 0.3) is 10.2 Å². The predicted molar refractivity (Wildman–Crippen MR) is 84.5 cm³/mol. The van der Waals surface area contributed by atoms with Gasteiger partial charge in [0.15, 0.2) is 11.6 Å². The maximum Gasteiger partial charge on any atom is 0.338 e. The third-order valence-corrected chi connectivity index (χ3v) is 4.22. The van der Waals surface area contributed by atoms with Gasteiger partial charge in [0.25, 0.3) is 5.56 Å². The van der Waals surface area contributed by atoms with Crippen molar-refractivity contribution in [3.05, 3.63) is 58.3 Å². The molecule has 8 heteroatoms. The highest BCUT2D eigenvalue weighted by atomic mass is 32.1. The van der Waals surface area contributed by atoms with E-state index in [-0.39, 0.29) is 12.3 Å². The molecule has 0 atom stereocenters. The van der Waals surface area contributed by atoms with Gasteiger partial charge >= 0.3 is 6.03 Å². The maximum absolute atomic E-state index is 13.6. The number of amides is 1. The van der Waals surface area contributed by atoms with E-state index in [1.165, 1.54) is 19.2 Å². The molecule has 0 fully saturated rings. The van der Waals surface area contributed by atoms with Crippen molar-refractivity contribution in [3.8, 4) is 5.75 Å². The number of halogens is 1. The van der Waals surface area contributed by atoms with Gasteiger partial charge in [-0.15, -0.1) is 0 Å². The molecule has 0 unspecified atom stereocenters. The molecule has 1 N–H and O–H groups in total. The second kappa shape index (κ2) is 6.17. The van der Waals surface area contributed by atoms with Crippen molar-refractivity contribution in [2.45, 2.75) is 6.54 Å². The molecule has 0 radical (unpaired) electrons. The Balaban J connectivity index is 1.77. The molecular weight excluding hydrogens is 321 g/mol. The van der Waals surface area contributed by atoms with Gasteiger partial charge in [-0.1, -0.05) is 6.07 Å². The lowest BCUT2D eigenvalue weighted by atomic mass is 10.2. The Morgan fingerprint density at radius 1 is 1.43 bits per heavy atom. The summed E-state index contributed by atoms with van der Waals surface area (Å²) in [5.41, 5.74) is 0.139. The summed E-state index contributed by atoms with van der Waals surface area (Å²) < 4.78 is 19.4. The van der Waals surface area contributed by atoms with Crippen LogP contribution in [0.4, 0.5) is 9.18 Å². The molecule has 118 valence electrons. The number of hydrogen-bond acceptors (Lipinski definition) is 5. The quantitative estimate of drug-likeness (QED) is 0.798. The number of nitrogens with one attached hydrogen (secondary N) is 1. The fourth-order valence-corrected chi connectivity index (χ4v) is 2.93. The smallest absolute Gasteiger partial charge is 0.338 e. The first-order chi connectivity index (χ1) is 11.1. The highest BCUT2D eigenvalue weighted by Crippen LogP contribution is 2.17. The Morgan fingerprint density at radius 3 is 2.96 bits per heavy atom. The van der Waals surface area contributed by atoms with Crippen LogP contribution in [0.2, 0.25) is 0 Å². The molecule has 23 heavy (non-hydrogen) atoms. The number of ether oxygens (including phenoxy) is 1. The second-order valence-electron chi connectivity index (χ2n) is 4.67. The Bertz CT molecular complexity index is 935. The number of hydrogen-bond donors (Lipinski definition) is 1. The van der Waals surface area contributed by atoms with Crippen LogP contribution in [-0.2, 0) is 6.54 Å². The van der Waals surface area contributed by atoms with Crippen molar-refractivity contribution < 1.29 is 13.9 Å². The van der Waals surface area contributed by atoms with Gasteiger partial charge < -0.3 is 10.1 Å². The van der Waals surface area contributed by atoms with E-state index in [0.29, 0.717) is 15.8 Å². The zero-order chi connectivity index (χ0) is 16.4. The molecule has 3 rings (SSSR count). The Morgan fingerprint density at radius 2 is 2.26 bits per heavy atom. The largest absolute Gasteiger partial charge is 0.494 e. The molecule has 1 aromatic carbocycles. The number of carbonyl (C=O) groups is 1. The highest BCUT2D eigenvalue weighted by molar-refractivity contribution is 7.14. The van der Waals surface area contributed by atoms with Crippen molar-refractivity contribution in [3.63, 3.8) is 0 Å². The van der Waals surface area contributed by atoms with Crippen LogP contribution in [0.15, 0.2) is 41.3 Å². The predicted octanol–water partition coefficient (Wildman–Crippen LogP) is 2.36. The Labute approximate surface area is 134 Å². The van der Waals surface area contributed by atoms with E-state index in [1.807, 2.05) is 0 Å². The first kappa shape index (κ1) is 15.2. The summed E-state index contributed by atoms with van der Waals surface area (Å²) in [7, 11) is 1.38. The van der Waals surface area contributed by atoms with Crippen molar-refractivity contribution in [2.75, 3.05) is 7.11 Å². The summed E-state index contributed by atoms with van der Waals surface area (Å²) in [5.74, 6) is -0.380. The van der Waals surface area contributed by atoms with Gasteiger partial charge in [-0.3, -0.25) is 4.79 Å². The first-order valence-corrected chi connectivity index (χ1v) is 7.45. The molecule has 1 amide bonds. The van der Waals surface area contributed by atoms with Gasteiger partial charge in [-0.05, 0) is 41.4 Å². The van der Waals surface area contributed by atoms with Gasteiger partial charge in [0.05, 0.1) is 12.5 Å². The summed E-state index contributed by atoms with van der Waals surface area (Å²) >= 11 is 0.963. The topological polar surface area (TPSA) is 73.2 Å². The van der Waals surface area contributed by atoms with Crippen LogP contribution in [0.3, 0.4) is 0 Å². The molecule has 3 aromatic rings. The van der Waals surface area contributed by atoms with E-state index >= 15 is 0 Å². The fourth-order valence-electron chi connectivity index (χ4n) is 2.07. The third kappa shape index (κ3) is 2.93. The van der Waals surface area contributed by atoms with Crippen LogP contribution in [0, 0.1) is 5.82 Å². The number of pyridine rings is 1. The zero-order valence-corrected chi connectivity index (χ0v) is 12.9. The number of methoxy groups -OCH3 is 1. The molecule has 0 spiro atoms. The monoisotopic (exact) mass is 333 g/mol. The lowest BCUT2D eigenvalue weighted by Gasteiger charge is -2.06. The summed E-state index contributed by atoms with van der Waals surface area (Å²) in [6.45, 7) is 0.0911. The molecule has 0 saturated heterocycles. The van der Waals surface area contributed by atoms with Gasteiger partial charge in [0.2, 0.25) is 0 Å². The molecule has 0 aliphatic heterocycles. The first-order valence-electron chi connectivity index (χ1n) is 6.68. The maximum atomic E-state index is 13.6. The molecule has 2 aromatic heterocycles. The lowest BCUT2D eigenvalue weighted by Crippen LogP contribution is -2.32. The average Bonchev–Trinajstić information content (AvgIpc) is 2.90. The molecule has 2 heterocycles. The molecule has 0 aliphatic rings. The van der Waals surface area contributed by atoms with Crippen LogP contribution >= 0.6 is 11.5 Å². The summed E-state index contributed by atoms with van der Waals surface area (Å²) in [4.78, 5) is 28.8. The highest BCUT2D eigenvalue weighted by Gasteiger charge is 2.14. The normalized spacial score (nSPS) is 10.7. The van der Waals surface area contributed by atoms with E-state index in [2.05, 4.69) is 10.3 Å². The van der Waals surface area contributed by atoms with Crippen LogP contribution < -0.4 is 15.6 Å². The third-order valence-electron chi connectivity index (χ3n) is 3.21. The molecule has 6 nitrogen and oxygen atoms in total. The summed E-state index contributed by atoms with van der Waals surface area (Å²) in [5, 5.41) is 2.97. The number of carbonyl (C=O) groups excluding carboxylic acids is 1. The van der Waals surface area contributed by atoms with E-state index in [1.54, 1.807) is 24.4 Å². The number of aromatic nitrogens is 2. The number of fused-ring (bicyclic) bond motifs is 1. The summed E-state index contributed by atoms with van der Waals surface area (Å²) in [6.07, 6.45) is 1.56. The van der Waals surface area contributed by atoms with Crippen LogP contribution in [0.1, 0.15) is 5.56 Å². The number of benzene rings is 1. The molecule has 0 bridgehead atoms. The minimum atomic E-state index is -0.575. The minimum Gasteiger partial charge on any atom is -0.494 e. The van der Waals surface area contributed by atoms with Crippen molar-refractivity contribution >= 4 is 27.8 Å². The summed E-state index contributed by atoms with van der Waals surface area (Å²) in [6, 6.07) is 7.06. The van der Waals surface area contributed by atoms with E-state index < -0.39 is 17.4 Å². The molecular formula is C15H12FN3O3S.